The van der Waals surface area contributed by atoms with Crippen molar-refractivity contribution in [1.29, 1.82) is 0 Å². The van der Waals surface area contributed by atoms with Crippen LogP contribution in [0.1, 0.15) is 6.42 Å². The molecule has 0 radical (unpaired) electrons. The standard InChI is InChI=1S/C5H6N2OS/c8-5-1-4(2-6-5)7-3-9/h4H,1-2H2,(H,6,8). The Morgan fingerprint density at radius 2 is 2.67 bits per heavy atom. The summed E-state index contributed by atoms with van der Waals surface area (Å²) in [6.45, 7) is 0.614. The lowest BCUT2D eigenvalue weighted by atomic mass is 10.3. The minimum Gasteiger partial charge on any atom is -0.354 e. The Labute approximate surface area is 58.2 Å². The van der Waals surface area contributed by atoms with Gasteiger partial charge in [-0.1, -0.05) is 0 Å². The second-order valence-electron chi connectivity index (χ2n) is 1.88. The molecule has 0 aliphatic carbocycles. The van der Waals surface area contributed by atoms with E-state index in [1.807, 2.05) is 0 Å². The smallest absolute Gasteiger partial charge is 0.222 e. The molecule has 0 saturated carbocycles. The van der Waals surface area contributed by atoms with Gasteiger partial charge >= 0.3 is 0 Å². The van der Waals surface area contributed by atoms with Crippen LogP contribution in [0, 0.1) is 0 Å². The third-order valence-corrected chi connectivity index (χ3v) is 1.30. The van der Waals surface area contributed by atoms with Crippen molar-refractivity contribution in [3.05, 3.63) is 0 Å². The molecule has 3 nitrogen and oxygen atoms in total. The van der Waals surface area contributed by atoms with Crippen molar-refractivity contribution >= 4 is 23.3 Å². The van der Waals surface area contributed by atoms with Crippen LogP contribution in [0.25, 0.3) is 0 Å². The Balaban J connectivity index is 2.48. The first kappa shape index (κ1) is 6.39. The van der Waals surface area contributed by atoms with Gasteiger partial charge in [-0.05, 0) is 12.2 Å². The second kappa shape index (κ2) is 2.71. The summed E-state index contributed by atoms with van der Waals surface area (Å²) in [7, 11) is 0. The highest BCUT2D eigenvalue weighted by molar-refractivity contribution is 7.78. The van der Waals surface area contributed by atoms with Gasteiger partial charge in [-0.15, -0.1) is 0 Å². The fourth-order valence-electron chi connectivity index (χ4n) is 0.756. The van der Waals surface area contributed by atoms with Crippen LogP contribution < -0.4 is 5.32 Å². The Morgan fingerprint density at radius 1 is 1.89 bits per heavy atom. The quantitative estimate of drug-likeness (QED) is 0.413. The minimum absolute atomic E-state index is 0.0370. The number of carbonyl (C=O) groups is 1. The molecule has 1 amide bonds. The molecule has 1 heterocycles. The molecule has 0 aromatic rings. The Hall–Kier alpha value is -0.730. The van der Waals surface area contributed by atoms with E-state index < -0.39 is 0 Å². The lowest BCUT2D eigenvalue weighted by Gasteiger charge is -1.91. The van der Waals surface area contributed by atoms with E-state index in [-0.39, 0.29) is 11.9 Å². The van der Waals surface area contributed by atoms with Gasteiger partial charge in [-0.3, -0.25) is 4.79 Å². The van der Waals surface area contributed by atoms with Gasteiger partial charge in [0.2, 0.25) is 5.91 Å². The van der Waals surface area contributed by atoms with Crippen LogP contribution in [-0.4, -0.2) is 23.7 Å². The number of aliphatic imine (C=N–C) groups is 1. The Morgan fingerprint density at radius 3 is 3.11 bits per heavy atom. The third kappa shape index (κ3) is 1.59. The molecule has 0 aromatic heterocycles. The molecule has 1 aliphatic heterocycles. The summed E-state index contributed by atoms with van der Waals surface area (Å²) < 4.78 is 0. The lowest BCUT2D eigenvalue weighted by molar-refractivity contribution is -0.119. The number of hydrogen-bond acceptors (Lipinski definition) is 3. The highest BCUT2D eigenvalue weighted by atomic mass is 32.1. The van der Waals surface area contributed by atoms with Crippen molar-refractivity contribution in [1.82, 2.24) is 5.32 Å². The van der Waals surface area contributed by atoms with Crippen molar-refractivity contribution in [2.24, 2.45) is 4.99 Å². The van der Waals surface area contributed by atoms with Gasteiger partial charge in [0, 0.05) is 6.54 Å². The molecule has 0 spiro atoms. The average molecular weight is 142 g/mol. The number of thiocarbonyl (C=S) groups is 1. The number of amides is 1. The number of hydrogen-bond donors (Lipinski definition) is 1. The van der Waals surface area contributed by atoms with Gasteiger partial charge in [-0.2, -0.15) is 0 Å². The Bertz CT molecular complexity index is 174. The summed E-state index contributed by atoms with van der Waals surface area (Å²) >= 11 is 4.37. The maximum Gasteiger partial charge on any atom is 0.222 e. The second-order valence-corrected chi connectivity index (χ2v) is 2.06. The molecule has 9 heavy (non-hydrogen) atoms. The fourth-order valence-corrected chi connectivity index (χ4v) is 0.905. The van der Waals surface area contributed by atoms with Gasteiger partial charge in [0.15, 0.2) is 0 Å². The van der Waals surface area contributed by atoms with Gasteiger partial charge in [0.1, 0.15) is 0 Å². The molecular weight excluding hydrogens is 136 g/mol. The van der Waals surface area contributed by atoms with Crippen molar-refractivity contribution in [2.45, 2.75) is 12.5 Å². The van der Waals surface area contributed by atoms with Crippen LogP contribution in [0.4, 0.5) is 0 Å². The van der Waals surface area contributed by atoms with E-state index >= 15 is 0 Å². The molecule has 48 valence electrons. The highest BCUT2D eigenvalue weighted by Crippen LogP contribution is 2.01. The fraction of sp³-hybridized carbons (Fsp3) is 0.600. The number of rotatable bonds is 1. The van der Waals surface area contributed by atoms with Crippen molar-refractivity contribution in [3.8, 4) is 0 Å². The third-order valence-electron chi connectivity index (χ3n) is 1.19. The van der Waals surface area contributed by atoms with Crippen LogP contribution in [0.5, 0.6) is 0 Å². The molecule has 1 N–H and O–H groups in total. The average Bonchev–Trinajstić information content (AvgIpc) is 2.17. The van der Waals surface area contributed by atoms with E-state index in [1.54, 1.807) is 0 Å². The molecule has 4 heteroatoms. The van der Waals surface area contributed by atoms with Gasteiger partial charge < -0.3 is 5.32 Å². The van der Waals surface area contributed by atoms with E-state index in [2.05, 4.69) is 27.7 Å². The first-order valence-corrected chi connectivity index (χ1v) is 3.07. The molecule has 1 aliphatic rings. The van der Waals surface area contributed by atoms with E-state index in [0.717, 1.165) is 0 Å². The van der Waals surface area contributed by atoms with Crippen LogP contribution >= 0.6 is 12.2 Å². The van der Waals surface area contributed by atoms with E-state index in [9.17, 15) is 4.79 Å². The first-order chi connectivity index (χ1) is 4.33. The molecular formula is C5H6N2OS. The zero-order chi connectivity index (χ0) is 6.69. The number of carbonyl (C=O) groups excluding carboxylic acids is 1. The zero-order valence-corrected chi connectivity index (χ0v) is 5.57. The van der Waals surface area contributed by atoms with Crippen LogP contribution in [0.2, 0.25) is 0 Å². The molecule has 1 unspecified atom stereocenters. The van der Waals surface area contributed by atoms with Gasteiger partial charge in [-0.25, -0.2) is 4.99 Å². The van der Waals surface area contributed by atoms with Crippen molar-refractivity contribution < 1.29 is 4.79 Å². The van der Waals surface area contributed by atoms with Crippen LogP contribution in [0.15, 0.2) is 4.99 Å². The lowest BCUT2D eigenvalue weighted by Crippen LogP contribution is -2.14. The molecule has 0 aromatic carbocycles. The summed E-state index contributed by atoms with van der Waals surface area (Å²) in [4.78, 5) is 14.3. The predicted molar refractivity (Wildman–Crippen MR) is 36.4 cm³/mol. The molecule has 1 rings (SSSR count). The first-order valence-electron chi connectivity index (χ1n) is 2.66. The maximum absolute atomic E-state index is 10.5. The van der Waals surface area contributed by atoms with E-state index in [1.165, 1.54) is 0 Å². The predicted octanol–water partition coefficient (Wildman–Crippen LogP) is -0.0223. The summed E-state index contributed by atoms with van der Waals surface area (Å²) in [5.74, 6) is 0.0500. The van der Waals surface area contributed by atoms with Crippen molar-refractivity contribution in [2.75, 3.05) is 6.54 Å². The number of isothiocyanates is 1. The SMILES string of the molecule is O=C1CC(N=C=S)CN1. The van der Waals surface area contributed by atoms with Crippen LogP contribution in [-0.2, 0) is 4.79 Å². The van der Waals surface area contributed by atoms with Gasteiger partial charge in [0.05, 0.1) is 17.6 Å². The highest BCUT2D eigenvalue weighted by Gasteiger charge is 2.19. The number of nitrogens with one attached hydrogen (secondary N) is 1. The summed E-state index contributed by atoms with van der Waals surface area (Å²) in [5, 5.41) is 4.88. The monoisotopic (exact) mass is 142 g/mol. The topological polar surface area (TPSA) is 41.5 Å². The Kier molecular flexibility index (Phi) is 1.92. The molecule has 0 bridgehead atoms. The van der Waals surface area contributed by atoms with Crippen LogP contribution in [0.3, 0.4) is 0 Å². The number of nitrogens with zero attached hydrogens (tertiary/aromatic N) is 1. The van der Waals surface area contributed by atoms with E-state index in [0.29, 0.717) is 13.0 Å². The summed E-state index contributed by atoms with van der Waals surface area (Å²) in [6, 6.07) is 0.0370. The molecule has 1 atom stereocenters. The summed E-state index contributed by atoms with van der Waals surface area (Å²) in [6.07, 6.45) is 0.462. The van der Waals surface area contributed by atoms with E-state index in [4.69, 9.17) is 0 Å². The van der Waals surface area contributed by atoms with Gasteiger partial charge in [0.25, 0.3) is 0 Å². The minimum atomic E-state index is 0.0370. The van der Waals surface area contributed by atoms with Crippen molar-refractivity contribution in [3.63, 3.8) is 0 Å². The zero-order valence-electron chi connectivity index (χ0n) is 4.76. The largest absolute Gasteiger partial charge is 0.354 e. The summed E-state index contributed by atoms with van der Waals surface area (Å²) in [5.41, 5.74) is 0. The maximum atomic E-state index is 10.5. The molecule has 1 fully saturated rings. The normalized spacial score (nSPS) is 24.9. The molecule has 1 saturated heterocycles.